The van der Waals surface area contributed by atoms with Crippen LogP contribution in [-0.4, -0.2) is 47.9 Å². The largest absolute Gasteiger partial charge is 0.486 e. The van der Waals surface area contributed by atoms with Gasteiger partial charge in [0.15, 0.2) is 23.4 Å². The molecule has 1 aromatic heterocycles. The van der Waals surface area contributed by atoms with Crippen molar-refractivity contribution in [3.05, 3.63) is 57.5 Å². The van der Waals surface area contributed by atoms with Gasteiger partial charge in [0, 0.05) is 24.7 Å². The van der Waals surface area contributed by atoms with E-state index >= 15 is 0 Å². The van der Waals surface area contributed by atoms with Gasteiger partial charge in [-0.25, -0.2) is 0 Å². The van der Waals surface area contributed by atoms with Crippen LogP contribution in [0, 0.1) is 0 Å². The summed E-state index contributed by atoms with van der Waals surface area (Å²) in [6, 6.07) is 8.78. The van der Waals surface area contributed by atoms with Crippen molar-refractivity contribution >= 4 is 11.7 Å². The summed E-state index contributed by atoms with van der Waals surface area (Å²) in [5.41, 5.74) is 0.579. The van der Waals surface area contributed by atoms with Crippen LogP contribution in [0.1, 0.15) is 39.3 Å². The van der Waals surface area contributed by atoms with Gasteiger partial charge in [0.2, 0.25) is 0 Å². The van der Waals surface area contributed by atoms with E-state index in [0.29, 0.717) is 42.2 Å². The van der Waals surface area contributed by atoms with E-state index in [0.717, 1.165) is 6.42 Å². The van der Waals surface area contributed by atoms with Crippen LogP contribution in [0.15, 0.2) is 35.1 Å². The average Bonchev–Trinajstić information content (AvgIpc) is 2.67. The molecule has 0 spiro atoms. The molecular formula is C20H20N2O5. The van der Waals surface area contributed by atoms with E-state index in [-0.39, 0.29) is 24.0 Å². The van der Waals surface area contributed by atoms with Crippen LogP contribution in [0.3, 0.4) is 0 Å². The van der Waals surface area contributed by atoms with Gasteiger partial charge in [0.25, 0.3) is 11.5 Å². The third kappa shape index (κ3) is 3.32. The molecule has 1 atom stereocenters. The molecule has 2 heterocycles. The zero-order valence-corrected chi connectivity index (χ0v) is 15.0. The van der Waals surface area contributed by atoms with Gasteiger partial charge in [0.1, 0.15) is 12.2 Å². The second-order valence-corrected chi connectivity index (χ2v) is 6.86. The fraction of sp³-hybridized carbons (Fsp3) is 0.350. The number of hydrogen-bond donors (Lipinski definition) is 1. The van der Waals surface area contributed by atoms with E-state index in [2.05, 4.69) is 4.98 Å². The Morgan fingerprint density at radius 3 is 2.81 bits per heavy atom. The summed E-state index contributed by atoms with van der Waals surface area (Å²) in [5.74, 6) is 0.823. The SMILES string of the molecule is CN(C[C@H]1COc2ccccc2O1)C(=O)c1cc2c([nH]c1=O)CCCC2=O. The summed E-state index contributed by atoms with van der Waals surface area (Å²) in [6.45, 7) is 0.575. The van der Waals surface area contributed by atoms with Crippen molar-refractivity contribution in [1.29, 1.82) is 0 Å². The molecule has 1 amide bonds. The highest BCUT2D eigenvalue weighted by atomic mass is 16.6. The van der Waals surface area contributed by atoms with E-state index < -0.39 is 11.5 Å². The molecule has 0 radical (unpaired) electrons. The Bertz CT molecular complexity index is 965. The molecule has 0 saturated heterocycles. The zero-order chi connectivity index (χ0) is 19.0. The van der Waals surface area contributed by atoms with Crippen LogP contribution in [0.25, 0.3) is 0 Å². The Labute approximate surface area is 155 Å². The minimum absolute atomic E-state index is 0.0244. The van der Waals surface area contributed by atoms with E-state index in [9.17, 15) is 14.4 Å². The molecule has 140 valence electrons. The summed E-state index contributed by atoms with van der Waals surface area (Å²) >= 11 is 0. The number of H-pyrrole nitrogens is 1. The summed E-state index contributed by atoms with van der Waals surface area (Å²) in [4.78, 5) is 41.3. The zero-order valence-electron chi connectivity index (χ0n) is 15.0. The first-order valence-electron chi connectivity index (χ1n) is 8.96. The third-order valence-electron chi connectivity index (χ3n) is 4.88. The number of aryl methyl sites for hydroxylation is 1. The number of para-hydroxylation sites is 2. The van der Waals surface area contributed by atoms with Gasteiger partial charge < -0.3 is 19.4 Å². The summed E-state index contributed by atoms with van der Waals surface area (Å²) in [7, 11) is 1.60. The van der Waals surface area contributed by atoms with Crippen LogP contribution >= 0.6 is 0 Å². The highest BCUT2D eigenvalue weighted by molar-refractivity contribution is 6.01. The van der Waals surface area contributed by atoms with Gasteiger partial charge in [-0.2, -0.15) is 0 Å². The molecule has 0 unspecified atom stereocenters. The Hall–Kier alpha value is -3.09. The molecule has 1 aromatic carbocycles. The number of fused-ring (bicyclic) bond motifs is 2. The Balaban J connectivity index is 1.51. The van der Waals surface area contributed by atoms with Crippen molar-refractivity contribution in [2.45, 2.75) is 25.4 Å². The third-order valence-corrected chi connectivity index (χ3v) is 4.88. The molecule has 2 aliphatic rings. The molecule has 4 rings (SSSR count). The van der Waals surface area contributed by atoms with Gasteiger partial charge in [-0.3, -0.25) is 14.4 Å². The molecule has 2 aromatic rings. The first kappa shape index (κ1) is 17.3. The average molecular weight is 368 g/mol. The predicted molar refractivity (Wildman–Crippen MR) is 97.6 cm³/mol. The number of nitrogens with zero attached hydrogens (tertiary/aromatic N) is 1. The van der Waals surface area contributed by atoms with Crippen LogP contribution in [0.4, 0.5) is 0 Å². The molecule has 1 aliphatic carbocycles. The summed E-state index contributed by atoms with van der Waals surface area (Å²) in [6.07, 6.45) is 1.46. The molecule has 0 bridgehead atoms. The number of likely N-dealkylation sites (N-methyl/N-ethyl adjacent to an activating group) is 1. The topological polar surface area (TPSA) is 88.7 Å². The first-order valence-corrected chi connectivity index (χ1v) is 8.96. The number of nitrogens with one attached hydrogen (secondary N) is 1. The van der Waals surface area contributed by atoms with Crippen molar-refractivity contribution in [3.63, 3.8) is 0 Å². The second-order valence-electron chi connectivity index (χ2n) is 6.86. The predicted octanol–water partition coefficient (Wildman–Crippen LogP) is 1.81. The molecule has 7 heteroatoms. The highest BCUT2D eigenvalue weighted by Crippen LogP contribution is 2.31. The van der Waals surface area contributed by atoms with E-state index in [4.69, 9.17) is 9.47 Å². The lowest BCUT2D eigenvalue weighted by Crippen LogP contribution is -2.43. The van der Waals surface area contributed by atoms with Crippen LogP contribution in [-0.2, 0) is 6.42 Å². The van der Waals surface area contributed by atoms with Crippen LogP contribution in [0.5, 0.6) is 11.5 Å². The van der Waals surface area contributed by atoms with Crippen molar-refractivity contribution in [2.75, 3.05) is 20.2 Å². The molecule has 27 heavy (non-hydrogen) atoms. The lowest BCUT2D eigenvalue weighted by Gasteiger charge is -2.29. The number of amides is 1. The number of benzene rings is 1. The molecular weight excluding hydrogens is 348 g/mol. The quantitative estimate of drug-likeness (QED) is 0.893. The van der Waals surface area contributed by atoms with Gasteiger partial charge in [-0.15, -0.1) is 0 Å². The molecule has 1 N–H and O–H groups in total. The second kappa shape index (κ2) is 6.90. The number of ketones is 1. The smallest absolute Gasteiger partial charge is 0.261 e. The van der Waals surface area contributed by atoms with E-state index in [1.54, 1.807) is 7.05 Å². The normalized spacial score (nSPS) is 18.0. The number of ether oxygens (including phenoxy) is 2. The minimum atomic E-state index is -0.466. The minimum Gasteiger partial charge on any atom is -0.486 e. The number of rotatable bonds is 3. The monoisotopic (exact) mass is 368 g/mol. The maximum Gasteiger partial charge on any atom is 0.261 e. The maximum atomic E-state index is 12.8. The lowest BCUT2D eigenvalue weighted by atomic mass is 9.93. The number of carbonyl (C=O) groups is 2. The van der Waals surface area contributed by atoms with Crippen LogP contribution < -0.4 is 15.0 Å². The number of hydrogen-bond acceptors (Lipinski definition) is 5. The summed E-state index contributed by atoms with van der Waals surface area (Å²) in [5, 5.41) is 0. The Kier molecular flexibility index (Phi) is 4.43. The van der Waals surface area contributed by atoms with Crippen LogP contribution in [0.2, 0.25) is 0 Å². The standard InChI is InChI=1S/C20H20N2O5/c1-22(10-12-11-26-17-7-2-3-8-18(17)27-12)20(25)14-9-13-15(21-19(14)24)5-4-6-16(13)23/h2-3,7-9,12H,4-6,10-11H2,1H3,(H,21,24)/t12-/m0/s1. The lowest BCUT2D eigenvalue weighted by molar-refractivity contribution is 0.0520. The number of carbonyl (C=O) groups excluding carboxylic acids is 2. The number of aromatic amines is 1. The van der Waals surface area contributed by atoms with Crippen molar-refractivity contribution in [1.82, 2.24) is 9.88 Å². The molecule has 0 saturated carbocycles. The van der Waals surface area contributed by atoms with E-state index in [1.807, 2.05) is 24.3 Å². The Morgan fingerprint density at radius 2 is 2.00 bits per heavy atom. The summed E-state index contributed by atoms with van der Waals surface area (Å²) < 4.78 is 11.5. The van der Waals surface area contributed by atoms with Gasteiger partial charge in [-0.1, -0.05) is 12.1 Å². The number of pyridine rings is 1. The first-order chi connectivity index (χ1) is 13.0. The number of Topliss-reactive ketones (excluding diaryl/α,β-unsaturated/α-hetero) is 1. The van der Waals surface area contributed by atoms with Crippen molar-refractivity contribution in [2.24, 2.45) is 0 Å². The molecule has 7 nitrogen and oxygen atoms in total. The van der Waals surface area contributed by atoms with Gasteiger partial charge in [-0.05, 0) is 31.0 Å². The van der Waals surface area contributed by atoms with Gasteiger partial charge >= 0.3 is 0 Å². The molecule has 1 aliphatic heterocycles. The molecule has 0 fully saturated rings. The highest BCUT2D eigenvalue weighted by Gasteiger charge is 2.27. The fourth-order valence-corrected chi connectivity index (χ4v) is 3.48. The number of aromatic nitrogens is 1. The van der Waals surface area contributed by atoms with Crippen molar-refractivity contribution in [3.8, 4) is 11.5 Å². The Morgan fingerprint density at radius 1 is 1.22 bits per heavy atom. The van der Waals surface area contributed by atoms with E-state index in [1.165, 1.54) is 11.0 Å². The maximum absolute atomic E-state index is 12.8. The van der Waals surface area contributed by atoms with Crippen molar-refractivity contribution < 1.29 is 19.1 Å². The van der Waals surface area contributed by atoms with Gasteiger partial charge in [0.05, 0.1) is 6.54 Å². The fourth-order valence-electron chi connectivity index (χ4n) is 3.48.